The molecule has 25 heavy (non-hydrogen) atoms. The lowest BCUT2D eigenvalue weighted by molar-refractivity contribution is -0.151. The van der Waals surface area contributed by atoms with Crippen LogP contribution in [0, 0.1) is 5.41 Å². The molecule has 0 atom stereocenters. The van der Waals surface area contributed by atoms with Crippen molar-refractivity contribution >= 4 is 11.9 Å². The van der Waals surface area contributed by atoms with Gasteiger partial charge in [-0.15, -0.1) is 0 Å². The summed E-state index contributed by atoms with van der Waals surface area (Å²) in [5, 5.41) is 16.6. The lowest BCUT2D eigenvalue weighted by Gasteiger charge is -2.33. The van der Waals surface area contributed by atoms with Crippen molar-refractivity contribution < 1.29 is 14.7 Å². The molecule has 1 aromatic carbocycles. The Kier molecular flexibility index (Phi) is 5.16. The minimum Gasteiger partial charge on any atom is -0.481 e. The quantitative estimate of drug-likeness (QED) is 0.846. The molecule has 6 heteroatoms. The minimum absolute atomic E-state index is 0.168. The van der Waals surface area contributed by atoms with Crippen molar-refractivity contribution in [3.63, 3.8) is 0 Å². The van der Waals surface area contributed by atoms with E-state index >= 15 is 0 Å². The van der Waals surface area contributed by atoms with Crippen LogP contribution in [0.5, 0.6) is 0 Å². The molecule has 1 aliphatic carbocycles. The number of para-hydroxylation sites is 1. The van der Waals surface area contributed by atoms with Gasteiger partial charge in [0.2, 0.25) is 5.91 Å². The van der Waals surface area contributed by atoms with Crippen molar-refractivity contribution in [2.24, 2.45) is 5.41 Å². The molecule has 1 heterocycles. The molecule has 0 aliphatic heterocycles. The summed E-state index contributed by atoms with van der Waals surface area (Å²) < 4.78 is 1.72. The summed E-state index contributed by atoms with van der Waals surface area (Å²) in [5.74, 6) is -0.969. The van der Waals surface area contributed by atoms with Gasteiger partial charge in [-0.2, -0.15) is 5.10 Å². The fraction of sp³-hybridized carbons (Fsp3) is 0.421. The molecule has 1 aliphatic rings. The minimum atomic E-state index is -0.803. The van der Waals surface area contributed by atoms with Gasteiger partial charge in [-0.1, -0.05) is 37.5 Å². The van der Waals surface area contributed by atoms with Gasteiger partial charge >= 0.3 is 5.97 Å². The van der Waals surface area contributed by atoms with E-state index in [1.54, 1.807) is 10.9 Å². The summed E-state index contributed by atoms with van der Waals surface area (Å²) in [6.07, 6.45) is 7.84. The van der Waals surface area contributed by atoms with Crippen molar-refractivity contribution in [2.75, 3.05) is 6.54 Å². The van der Waals surface area contributed by atoms with E-state index in [0.29, 0.717) is 12.8 Å². The number of benzene rings is 1. The number of aliphatic carboxylic acids is 1. The first-order chi connectivity index (χ1) is 12.1. The Bertz CT molecular complexity index is 733. The molecule has 6 nitrogen and oxygen atoms in total. The summed E-state index contributed by atoms with van der Waals surface area (Å²) in [5.41, 5.74) is 0.929. The van der Waals surface area contributed by atoms with Crippen LogP contribution in [0.15, 0.2) is 42.7 Å². The number of nitrogens with one attached hydrogen (secondary N) is 1. The van der Waals surface area contributed by atoms with E-state index in [9.17, 15) is 14.7 Å². The maximum atomic E-state index is 12.2. The smallest absolute Gasteiger partial charge is 0.311 e. The molecule has 1 aromatic heterocycles. The van der Waals surface area contributed by atoms with Gasteiger partial charge in [0.15, 0.2) is 0 Å². The third-order valence-corrected chi connectivity index (χ3v) is 4.91. The number of aromatic nitrogens is 2. The maximum absolute atomic E-state index is 12.2. The van der Waals surface area contributed by atoms with Crippen LogP contribution in [0.3, 0.4) is 0 Å². The SMILES string of the molecule is O=C(Cc1cnn(-c2ccccc2)c1)NCC1(C(=O)O)CCCCC1. The van der Waals surface area contributed by atoms with Gasteiger partial charge in [0.25, 0.3) is 0 Å². The van der Waals surface area contributed by atoms with E-state index < -0.39 is 11.4 Å². The summed E-state index contributed by atoms with van der Waals surface area (Å²) in [7, 11) is 0. The number of carbonyl (C=O) groups excluding carboxylic acids is 1. The van der Waals surface area contributed by atoms with Crippen LogP contribution in [-0.4, -0.2) is 33.3 Å². The molecule has 0 spiro atoms. The average molecular weight is 341 g/mol. The standard InChI is InChI=1S/C19H23N3O3/c23-17(20-14-19(18(24)25)9-5-2-6-10-19)11-15-12-21-22(13-15)16-7-3-1-4-8-16/h1,3-4,7-8,12-13H,2,5-6,9-11,14H2,(H,20,23)(H,24,25). The Morgan fingerprint density at radius 3 is 2.56 bits per heavy atom. The number of hydrogen-bond acceptors (Lipinski definition) is 3. The van der Waals surface area contributed by atoms with Crippen molar-refractivity contribution in [1.82, 2.24) is 15.1 Å². The Balaban J connectivity index is 1.58. The second-order valence-corrected chi connectivity index (χ2v) is 6.73. The fourth-order valence-electron chi connectivity index (χ4n) is 3.38. The highest BCUT2D eigenvalue weighted by molar-refractivity contribution is 5.80. The average Bonchev–Trinajstić information content (AvgIpc) is 3.10. The molecule has 0 unspecified atom stereocenters. The first-order valence-corrected chi connectivity index (χ1v) is 8.68. The highest BCUT2D eigenvalue weighted by atomic mass is 16.4. The second kappa shape index (κ2) is 7.51. The van der Waals surface area contributed by atoms with E-state index in [-0.39, 0.29) is 18.9 Å². The molecule has 3 rings (SSSR count). The van der Waals surface area contributed by atoms with Gasteiger partial charge in [-0.05, 0) is 30.5 Å². The molecule has 1 amide bonds. The Morgan fingerprint density at radius 1 is 1.16 bits per heavy atom. The van der Waals surface area contributed by atoms with E-state index in [2.05, 4.69) is 10.4 Å². The van der Waals surface area contributed by atoms with Gasteiger partial charge in [-0.25, -0.2) is 4.68 Å². The first-order valence-electron chi connectivity index (χ1n) is 8.68. The van der Waals surface area contributed by atoms with Gasteiger partial charge in [0.05, 0.1) is 23.7 Å². The molecule has 0 bridgehead atoms. The Hall–Kier alpha value is -2.63. The lowest BCUT2D eigenvalue weighted by atomic mass is 9.74. The maximum Gasteiger partial charge on any atom is 0.311 e. The lowest BCUT2D eigenvalue weighted by Crippen LogP contribution is -2.44. The summed E-state index contributed by atoms with van der Waals surface area (Å²) in [4.78, 5) is 23.9. The summed E-state index contributed by atoms with van der Waals surface area (Å²) in [6.45, 7) is 0.202. The molecule has 2 N–H and O–H groups in total. The molecule has 1 saturated carbocycles. The van der Waals surface area contributed by atoms with Gasteiger partial charge in [0.1, 0.15) is 0 Å². The highest BCUT2D eigenvalue weighted by Gasteiger charge is 2.39. The Labute approximate surface area is 146 Å². The molecule has 0 radical (unpaired) electrons. The number of nitrogens with zero attached hydrogens (tertiary/aromatic N) is 2. The van der Waals surface area contributed by atoms with Crippen LogP contribution in [-0.2, 0) is 16.0 Å². The summed E-state index contributed by atoms with van der Waals surface area (Å²) in [6, 6.07) is 9.68. The monoisotopic (exact) mass is 341 g/mol. The van der Waals surface area contributed by atoms with Crippen molar-refractivity contribution in [3.8, 4) is 5.69 Å². The van der Waals surface area contributed by atoms with Crippen LogP contribution in [0.1, 0.15) is 37.7 Å². The van der Waals surface area contributed by atoms with Gasteiger partial charge in [0, 0.05) is 12.7 Å². The van der Waals surface area contributed by atoms with Crippen LogP contribution in [0.4, 0.5) is 0 Å². The van der Waals surface area contributed by atoms with Gasteiger partial charge in [-0.3, -0.25) is 9.59 Å². The predicted octanol–water partition coefficient (Wildman–Crippen LogP) is 2.57. The van der Waals surface area contributed by atoms with Crippen molar-refractivity contribution in [3.05, 3.63) is 48.3 Å². The molecular formula is C19H23N3O3. The number of hydrogen-bond donors (Lipinski definition) is 2. The first kappa shape index (κ1) is 17.2. The zero-order chi connectivity index (χ0) is 17.7. The third kappa shape index (κ3) is 4.07. The molecule has 0 saturated heterocycles. The molecule has 2 aromatic rings. The molecular weight excluding hydrogens is 318 g/mol. The zero-order valence-electron chi connectivity index (χ0n) is 14.1. The number of carboxylic acids is 1. The number of carboxylic acid groups (broad SMARTS) is 1. The van der Waals surface area contributed by atoms with Gasteiger partial charge < -0.3 is 10.4 Å². The fourth-order valence-corrected chi connectivity index (χ4v) is 3.38. The normalized spacial score (nSPS) is 16.3. The predicted molar refractivity (Wildman–Crippen MR) is 93.4 cm³/mol. The van der Waals surface area contributed by atoms with E-state index in [1.165, 1.54) is 0 Å². The van der Waals surface area contributed by atoms with E-state index in [0.717, 1.165) is 30.5 Å². The largest absolute Gasteiger partial charge is 0.481 e. The van der Waals surface area contributed by atoms with Crippen LogP contribution in [0.25, 0.3) is 5.69 Å². The third-order valence-electron chi connectivity index (χ3n) is 4.91. The zero-order valence-corrected chi connectivity index (χ0v) is 14.1. The second-order valence-electron chi connectivity index (χ2n) is 6.73. The molecule has 132 valence electrons. The van der Waals surface area contributed by atoms with Crippen LogP contribution in [0.2, 0.25) is 0 Å². The number of amides is 1. The van der Waals surface area contributed by atoms with E-state index in [4.69, 9.17) is 0 Å². The van der Waals surface area contributed by atoms with Crippen LogP contribution >= 0.6 is 0 Å². The van der Waals surface area contributed by atoms with E-state index in [1.807, 2.05) is 36.5 Å². The molecule has 1 fully saturated rings. The number of rotatable bonds is 6. The number of carbonyl (C=O) groups is 2. The highest BCUT2D eigenvalue weighted by Crippen LogP contribution is 2.36. The van der Waals surface area contributed by atoms with Crippen LogP contribution < -0.4 is 5.32 Å². The summed E-state index contributed by atoms with van der Waals surface area (Å²) >= 11 is 0. The Morgan fingerprint density at radius 2 is 1.88 bits per heavy atom. The van der Waals surface area contributed by atoms with Crippen molar-refractivity contribution in [1.29, 1.82) is 0 Å². The topological polar surface area (TPSA) is 84.2 Å². The van der Waals surface area contributed by atoms with Crippen molar-refractivity contribution in [2.45, 2.75) is 38.5 Å².